The summed E-state index contributed by atoms with van der Waals surface area (Å²) in [6.07, 6.45) is 1.32. The number of barbiturate groups is 1. The quantitative estimate of drug-likeness (QED) is 0.215. The first-order chi connectivity index (χ1) is 17.1. The van der Waals surface area contributed by atoms with Gasteiger partial charge in [-0.25, -0.2) is 9.69 Å². The number of carbonyl (C=O) groups is 3. The van der Waals surface area contributed by atoms with Gasteiger partial charge in [0.15, 0.2) is 0 Å². The van der Waals surface area contributed by atoms with Gasteiger partial charge in [0, 0.05) is 22.7 Å². The van der Waals surface area contributed by atoms with Crippen molar-refractivity contribution in [2.24, 2.45) is 0 Å². The second-order valence-electron chi connectivity index (χ2n) is 8.14. The van der Waals surface area contributed by atoms with Gasteiger partial charge >= 0.3 is 6.03 Å². The smallest absolute Gasteiger partial charge is 0.335 e. The van der Waals surface area contributed by atoms with E-state index in [1.54, 1.807) is 43.3 Å². The molecule has 1 heterocycles. The van der Waals surface area contributed by atoms with Gasteiger partial charge in [-0.1, -0.05) is 29.3 Å². The van der Waals surface area contributed by atoms with Gasteiger partial charge in [-0.3, -0.25) is 25.0 Å². The largest absolute Gasteiger partial charge is 0.488 e. The molecule has 3 aromatic rings. The molecule has 3 aromatic carbocycles. The summed E-state index contributed by atoms with van der Waals surface area (Å²) in [5.41, 5.74) is 2.73. The maximum atomic E-state index is 13.3. The van der Waals surface area contributed by atoms with Crippen LogP contribution in [-0.4, -0.2) is 22.8 Å². The van der Waals surface area contributed by atoms with Crippen molar-refractivity contribution < 1.29 is 24.0 Å². The Balaban J connectivity index is 1.65. The van der Waals surface area contributed by atoms with Crippen LogP contribution in [-0.2, 0) is 16.2 Å². The van der Waals surface area contributed by atoms with Crippen LogP contribution >= 0.6 is 11.6 Å². The standard InChI is InChI=1S/C26H20ClN3O6/c1-15-3-9-22(16(2)11-15)29-25(32)21(24(31)28-26(29)33)13-18-12-19(27)6-10-23(18)36-14-17-4-7-20(8-5-17)30(34)35/h3-13H,14H2,1-2H3,(H,28,31,33)/b21-13+. The number of carbonyl (C=O) groups excluding carboxylic acids is 3. The van der Waals surface area contributed by atoms with Crippen molar-refractivity contribution in [1.82, 2.24) is 5.32 Å². The van der Waals surface area contributed by atoms with Crippen molar-refractivity contribution in [2.75, 3.05) is 4.90 Å². The molecule has 1 saturated heterocycles. The Morgan fingerprint density at radius 2 is 1.75 bits per heavy atom. The average molecular weight is 506 g/mol. The number of halogens is 1. The van der Waals surface area contributed by atoms with Crippen LogP contribution in [0.3, 0.4) is 0 Å². The Kier molecular flexibility index (Phi) is 6.84. The summed E-state index contributed by atoms with van der Waals surface area (Å²) >= 11 is 6.16. The van der Waals surface area contributed by atoms with Crippen molar-refractivity contribution in [1.29, 1.82) is 0 Å². The van der Waals surface area contributed by atoms with Crippen molar-refractivity contribution in [3.63, 3.8) is 0 Å². The maximum Gasteiger partial charge on any atom is 0.335 e. The zero-order valence-electron chi connectivity index (χ0n) is 19.3. The fraction of sp³-hybridized carbons (Fsp3) is 0.115. The summed E-state index contributed by atoms with van der Waals surface area (Å²) in [5.74, 6) is -1.30. The molecular weight excluding hydrogens is 486 g/mol. The first-order valence-corrected chi connectivity index (χ1v) is 11.2. The van der Waals surface area contributed by atoms with Gasteiger partial charge < -0.3 is 4.74 Å². The number of nitro benzene ring substituents is 1. The molecule has 0 bridgehead atoms. The lowest BCUT2D eigenvalue weighted by Crippen LogP contribution is -2.54. The minimum Gasteiger partial charge on any atom is -0.488 e. The first kappa shape index (κ1) is 24.6. The molecule has 0 aromatic heterocycles. The lowest BCUT2D eigenvalue weighted by Gasteiger charge is -2.27. The van der Waals surface area contributed by atoms with Crippen molar-refractivity contribution in [3.8, 4) is 5.75 Å². The summed E-state index contributed by atoms with van der Waals surface area (Å²) in [4.78, 5) is 49.8. The van der Waals surface area contributed by atoms with Crippen LogP contribution in [0.2, 0.25) is 5.02 Å². The molecule has 0 atom stereocenters. The zero-order valence-corrected chi connectivity index (χ0v) is 20.0. The zero-order chi connectivity index (χ0) is 26.0. The number of nitrogens with one attached hydrogen (secondary N) is 1. The predicted molar refractivity (Wildman–Crippen MR) is 134 cm³/mol. The van der Waals surface area contributed by atoms with E-state index in [4.69, 9.17) is 16.3 Å². The van der Waals surface area contributed by atoms with Crippen molar-refractivity contribution >= 4 is 46.9 Å². The summed E-state index contributed by atoms with van der Waals surface area (Å²) in [6, 6.07) is 15.0. The molecule has 182 valence electrons. The number of non-ortho nitro benzene ring substituents is 1. The SMILES string of the molecule is Cc1ccc(N2C(=O)NC(=O)/C(=C\c3cc(Cl)ccc3OCc3ccc([N+](=O)[O-])cc3)C2=O)c(C)c1. The molecule has 10 heteroatoms. The number of hydrogen-bond acceptors (Lipinski definition) is 6. The number of amides is 4. The van der Waals surface area contributed by atoms with Crippen LogP contribution < -0.4 is 15.0 Å². The Hall–Kier alpha value is -4.50. The van der Waals surface area contributed by atoms with E-state index in [1.807, 2.05) is 13.0 Å². The molecule has 9 nitrogen and oxygen atoms in total. The monoisotopic (exact) mass is 505 g/mol. The molecule has 1 fully saturated rings. The Morgan fingerprint density at radius 1 is 1.03 bits per heavy atom. The fourth-order valence-electron chi connectivity index (χ4n) is 3.73. The van der Waals surface area contributed by atoms with Crippen LogP contribution in [0.5, 0.6) is 5.75 Å². The minimum atomic E-state index is -0.840. The van der Waals surface area contributed by atoms with Gasteiger partial charge in [0.25, 0.3) is 17.5 Å². The van der Waals surface area contributed by atoms with Crippen LogP contribution in [0.15, 0.2) is 66.2 Å². The molecule has 0 aliphatic carbocycles. The normalized spacial score (nSPS) is 14.7. The highest BCUT2D eigenvalue weighted by atomic mass is 35.5. The van der Waals surface area contributed by atoms with Gasteiger partial charge in [0.2, 0.25) is 0 Å². The molecule has 0 spiro atoms. The number of imide groups is 2. The van der Waals surface area contributed by atoms with Crippen molar-refractivity contribution in [3.05, 3.63) is 104 Å². The summed E-state index contributed by atoms with van der Waals surface area (Å²) in [5, 5.41) is 13.4. The minimum absolute atomic E-state index is 0.0413. The molecule has 0 saturated carbocycles. The molecule has 4 amide bonds. The number of urea groups is 1. The summed E-state index contributed by atoms with van der Waals surface area (Å²) < 4.78 is 5.86. The topological polar surface area (TPSA) is 119 Å². The Bertz CT molecular complexity index is 1430. The number of nitro groups is 1. The molecule has 0 unspecified atom stereocenters. The summed E-state index contributed by atoms with van der Waals surface area (Å²) in [7, 11) is 0. The number of hydrogen-bond donors (Lipinski definition) is 1. The van der Waals surface area contributed by atoms with E-state index in [0.29, 0.717) is 33.1 Å². The molecular formula is C26H20ClN3O6. The van der Waals surface area contributed by atoms with Gasteiger partial charge in [0.1, 0.15) is 17.9 Å². The molecule has 1 aliphatic rings. The number of benzene rings is 3. The number of ether oxygens (including phenoxy) is 1. The third-order valence-corrected chi connectivity index (χ3v) is 5.74. The van der Waals surface area contributed by atoms with Crippen LogP contribution in [0.25, 0.3) is 6.08 Å². The summed E-state index contributed by atoms with van der Waals surface area (Å²) in [6.45, 7) is 3.73. The third-order valence-electron chi connectivity index (χ3n) is 5.51. The van der Waals surface area contributed by atoms with E-state index in [9.17, 15) is 24.5 Å². The third kappa shape index (κ3) is 5.11. The number of nitrogens with zero attached hydrogens (tertiary/aromatic N) is 2. The molecule has 4 rings (SSSR count). The van der Waals surface area contributed by atoms with E-state index in [-0.39, 0.29) is 17.9 Å². The highest BCUT2D eigenvalue weighted by molar-refractivity contribution is 6.39. The maximum absolute atomic E-state index is 13.3. The predicted octanol–water partition coefficient (Wildman–Crippen LogP) is 5.11. The lowest BCUT2D eigenvalue weighted by molar-refractivity contribution is -0.384. The molecule has 0 radical (unpaired) electrons. The fourth-order valence-corrected chi connectivity index (χ4v) is 3.91. The second-order valence-corrected chi connectivity index (χ2v) is 8.58. The van der Waals surface area contributed by atoms with E-state index in [1.165, 1.54) is 24.3 Å². The lowest BCUT2D eigenvalue weighted by atomic mass is 10.0. The Labute approximate surface area is 211 Å². The van der Waals surface area contributed by atoms with Crippen molar-refractivity contribution in [2.45, 2.75) is 20.5 Å². The van der Waals surface area contributed by atoms with Gasteiger partial charge in [-0.15, -0.1) is 0 Å². The average Bonchev–Trinajstić information content (AvgIpc) is 2.82. The number of aryl methyl sites for hydroxylation is 2. The second kappa shape index (κ2) is 10.0. The van der Waals surface area contributed by atoms with E-state index >= 15 is 0 Å². The highest BCUT2D eigenvalue weighted by Gasteiger charge is 2.37. The van der Waals surface area contributed by atoms with Gasteiger partial charge in [-0.05, 0) is 67.4 Å². The van der Waals surface area contributed by atoms with Crippen LogP contribution in [0.1, 0.15) is 22.3 Å². The van der Waals surface area contributed by atoms with E-state index < -0.39 is 22.8 Å². The van der Waals surface area contributed by atoms with Gasteiger partial charge in [-0.2, -0.15) is 0 Å². The van der Waals surface area contributed by atoms with Crippen LogP contribution in [0, 0.1) is 24.0 Å². The van der Waals surface area contributed by atoms with E-state index in [2.05, 4.69) is 5.32 Å². The molecule has 36 heavy (non-hydrogen) atoms. The Morgan fingerprint density at radius 3 is 2.42 bits per heavy atom. The van der Waals surface area contributed by atoms with Crippen LogP contribution in [0.4, 0.5) is 16.2 Å². The number of rotatable bonds is 6. The van der Waals surface area contributed by atoms with E-state index in [0.717, 1.165) is 10.5 Å². The number of anilines is 1. The highest BCUT2D eigenvalue weighted by Crippen LogP contribution is 2.30. The molecule has 1 N–H and O–H groups in total. The van der Waals surface area contributed by atoms with Gasteiger partial charge in [0.05, 0.1) is 10.6 Å². The molecule has 1 aliphatic heterocycles. The first-order valence-electron chi connectivity index (χ1n) is 10.8.